The molecule has 0 saturated heterocycles. The van der Waals surface area contributed by atoms with Crippen molar-refractivity contribution in [1.82, 2.24) is 15.3 Å². The van der Waals surface area contributed by atoms with Crippen LogP contribution in [0.4, 0.5) is 27.5 Å². The van der Waals surface area contributed by atoms with Crippen LogP contribution in [0, 0.1) is 5.82 Å². The van der Waals surface area contributed by atoms with Gasteiger partial charge in [0.25, 0.3) is 5.91 Å². The Kier molecular flexibility index (Phi) is 6.51. The Hall–Kier alpha value is -4.41. The van der Waals surface area contributed by atoms with Crippen molar-refractivity contribution in [3.8, 4) is 17.2 Å². The molecule has 10 nitrogen and oxygen atoms in total. The van der Waals surface area contributed by atoms with Crippen molar-refractivity contribution in [2.45, 2.75) is 31.8 Å². The number of halogens is 1. The summed E-state index contributed by atoms with van der Waals surface area (Å²) < 4.78 is 31.7. The number of carbonyl (C=O) groups is 2. The molecule has 2 aromatic carbocycles. The molecule has 3 N–H and O–H groups in total. The van der Waals surface area contributed by atoms with Crippen molar-refractivity contribution in [2.75, 3.05) is 30.9 Å². The predicted molar refractivity (Wildman–Crippen MR) is 133 cm³/mol. The van der Waals surface area contributed by atoms with Gasteiger partial charge in [-0.25, -0.2) is 9.37 Å². The van der Waals surface area contributed by atoms with Gasteiger partial charge in [0.2, 0.25) is 11.5 Å². The van der Waals surface area contributed by atoms with E-state index in [-0.39, 0.29) is 24.0 Å². The van der Waals surface area contributed by atoms with Gasteiger partial charge in [-0.3, -0.25) is 9.59 Å². The lowest BCUT2D eigenvalue weighted by atomic mass is 9.90. The van der Waals surface area contributed by atoms with Crippen molar-refractivity contribution >= 4 is 34.8 Å². The molecule has 1 atom stereocenters. The molecule has 6 aliphatic heterocycles. The zero-order valence-corrected chi connectivity index (χ0v) is 20.4. The first kappa shape index (κ1) is 24.3. The van der Waals surface area contributed by atoms with Gasteiger partial charge in [0.1, 0.15) is 5.75 Å². The molecule has 1 amide bonds. The fourth-order valence-electron chi connectivity index (χ4n) is 4.11. The van der Waals surface area contributed by atoms with E-state index in [2.05, 4.69) is 25.9 Å². The molecular formula is C26H26FN5O5. The first-order valence-electron chi connectivity index (χ1n) is 11.9. The minimum Gasteiger partial charge on any atom is -0.493 e. The van der Waals surface area contributed by atoms with Crippen LogP contribution in [0.15, 0.2) is 42.6 Å². The molecule has 0 spiro atoms. The van der Waals surface area contributed by atoms with Crippen LogP contribution in [0.5, 0.6) is 17.2 Å². The summed E-state index contributed by atoms with van der Waals surface area (Å²) in [5.74, 6) is 0.0650. The zero-order chi connectivity index (χ0) is 26.0. The number of hydrogen-bond acceptors (Lipinski definition) is 9. The molecule has 1 unspecified atom stereocenters. The van der Waals surface area contributed by atoms with Crippen LogP contribution >= 0.6 is 0 Å². The highest BCUT2D eigenvalue weighted by Crippen LogP contribution is 2.35. The summed E-state index contributed by atoms with van der Waals surface area (Å²) in [5, 5.41) is 8.77. The normalized spacial score (nSPS) is 19.4. The van der Waals surface area contributed by atoms with Gasteiger partial charge in [0.15, 0.2) is 28.9 Å². The lowest BCUT2D eigenvalue weighted by molar-refractivity contribution is -0.148. The molecule has 0 fully saturated rings. The van der Waals surface area contributed by atoms with Crippen molar-refractivity contribution in [1.29, 1.82) is 0 Å². The number of ketones is 1. The van der Waals surface area contributed by atoms with Gasteiger partial charge < -0.3 is 30.2 Å². The number of ether oxygens (including phenoxy) is 3. The van der Waals surface area contributed by atoms with Gasteiger partial charge >= 0.3 is 0 Å². The standard InChI is InChI=1S/C26H26FN5O5/c1-26-22(33)12-15-11-16(5-7-19(15)37-26)30-23-18(27)14-29-25(32-23)31-17-6-8-20(21(13-17)35-2)36-10-4-3-9-28-24(26)34/h5-8,11,13-14H,3-4,9-10,12H2,1-2H3,(H,28,34)(H2,29,30,31,32). The summed E-state index contributed by atoms with van der Waals surface area (Å²) in [6.45, 7) is 2.24. The first-order chi connectivity index (χ1) is 17.9. The van der Waals surface area contributed by atoms with Crippen molar-refractivity contribution in [2.24, 2.45) is 0 Å². The van der Waals surface area contributed by atoms with Gasteiger partial charge in [-0.05, 0) is 50.1 Å². The second-order valence-electron chi connectivity index (χ2n) is 8.88. The number of anilines is 4. The summed E-state index contributed by atoms with van der Waals surface area (Å²) >= 11 is 0. The van der Waals surface area contributed by atoms with Crippen molar-refractivity contribution in [3.05, 3.63) is 54.0 Å². The number of nitrogens with zero attached hydrogens (tertiary/aromatic N) is 2. The Morgan fingerprint density at radius 2 is 1.84 bits per heavy atom. The van der Waals surface area contributed by atoms with Gasteiger partial charge in [0, 0.05) is 36.0 Å². The molecule has 1 aromatic heterocycles. The Morgan fingerprint density at radius 1 is 1.05 bits per heavy atom. The molecule has 11 heteroatoms. The monoisotopic (exact) mass is 507 g/mol. The summed E-state index contributed by atoms with van der Waals surface area (Å²) in [6, 6.07) is 10.2. The lowest BCUT2D eigenvalue weighted by Crippen LogP contribution is -2.57. The predicted octanol–water partition coefficient (Wildman–Crippen LogP) is 3.66. The highest BCUT2D eigenvalue weighted by molar-refractivity contribution is 6.11. The molecule has 6 aliphatic rings. The Bertz CT molecular complexity index is 1370. The highest BCUT2D eigenvalue weighted by atomic mass is 19.1. The third-order valence-corrected chi connectivity index (χ3v) is 6.23. The quantitative estimate of drug-likeness (QED) is 0.423. The number of rotatable bonds is 1. The molecule has 0 radical (unpaired) electrons. The van der Waals surface area contributed by atoms with E-state index in [9.17, 15) is 14.0 Å². The van der Waals surface area contributed by atoms with Gasteiger partial charge in [-0.15, -0.1) is 0 Å². The summed E-state index contributed by atoms with van der Waals surface area (Å²) in [6.07, 6.45) is 2.37. The van der Waals surface area contributed by atoms with E-state index in [1.54, 1.807) is 36.4 Å². The lowest BCUT2D eigenvalue weighted by Gasteiger charge is -2.33. The molecule has 9 rings (SSSR count). The molecule has 7 heterocycles. The fourth-order valence-corrected chi connectivity index (χ4v) is 4.11. The van der Waals surface area contributed by atoms with Crippen LogP contribution in [0.3, 0.4) is 0 Å². The minimum atomic E-state index is -1.64. The first-order valence-corrected chi connectivity index (χ1v) is 11.9. The third-order valence-electron chi connectivity index (χ3n) is 6.23. The highest BCUT2D eigenvalue weighted by Gasteiger charge is 2.46. The molecule has 37 heavy (non-hydrogen) atoms. The second-order valence-corrected chi connectivity index (χ2v) is 8.88. The average molecular weight is 508 g/mol. The third kappa shape index (κ3) is 4.97. The maximum Gasteiger partial charge on any atom is 0.271 e. The fraction of sp³-hybridized carbons (Fsp3) is 0.308. The van der Waals surface area contributed by atoms with Crippen molar-refractivity contribution in [3.63, 3.8) is 0 Å². The second kappa shape index (κ2) is 9.92. The number of Topliss-reactive ketones (excluding diaryl/α,β-unsaturated/α-hetero) is 1. The van der Waals surface area contributed by atoms with E-state index in [1.165, 1.54) is 14.0 Å². The number of benzene rings is 2. The maximum atomic E-state index is 14.5. The van der Waals surface area contributed by atoms with Gasteiger partial charge in [-0.1, -0.05) is 0 Å². The minimum absolute atomic E-state index is 0.000884. The van der Waals surface area contributed by atoms with E-state index >= 15 is 0 Å². The smallest absolute Gasteiger partial charge is 0.271 e. The molecule has 192 valence electrons. The van der Waals surface area contributed by atoms with Crippen LogP contribution in [0.25, 0.3) is 0 Å². The number of nitrogens with one attached hydrogen (secondary N) is 3. The van der Waals surface area contributed by atoms with Crippen LogP contribution in [0.2, 0.25) is 0 Å². The van der Waals surface area contributed by atoms with Gasteiger partial charge in [0.05, 0.1) is 19.9 Å². The van der Waals surface area contributed by atoms with Crippen molar-refractivity contribution < 1.29 is 28.2 Å². The SMILES string of the molecule is COc1cc2ccc1OCCCCNC(=O)C1(C)Oc3ccc(cc3CC1=O)Nc1nc(ncc1F)N2. The van der Waals surface area contributed by atoms with Crippen LogP contribution in [0.1, 0.15) is 25.3 Å². The largest absolute Gasteiger partial charge is 0.493 e. The maximum absolute atomic E-state index is 14.5. The van der Waals surface area contributed by atoms with E-state index in [4.69, 9.17) is 14.2 Å². The number of amides is 1. The Labute approximate surface area is 212 Å². The summed E-state index contributed by atoms with van der Waals surface area (Å²) in [4.78, 5) is 34.1. The number of carbonyl (C=O) groups excluding carboxylic acids is 2. The molecule has 3 aromatic rings. The molecular weight excluding hydrogens is 481 g/mol. The van der Waals surface area contributed by atoms with E-state index < -0.39 is 17.3 Å². The zero-order valence-electron chi connectivity index (χ0n) is 20.4. The summed E-state index contributed by atoms with van der Waals surface area (Å²) in [5.41, 5.74) is 0.0694. The molecule has 0 saturated carbocycles. The van der Waals surface area contributed by atoms with E-state index in [0.717, 1.165) is 6.20 Å². The van der Waals surface area contributed by atoms with Crippen LogP contribution in [-0.2, 0) is 16.0 Å². The van der Waals surface area contributed by atoms with E-state index in [1.807, 2.05) is 0 Å². The average Bonchev–Trinajstić information content (AvgIpc) is 2.88. The number of aromatic nitrogens is 2. The Morgan fingerprint density at radius 3 is 2.65 bits per heavy atom. The van der Waals surface area contributed by atoms with E-state index in [0.29, 0.717) is 60.2 Å². The van der Waals surface area contributed by atoms with Crippen LogP contribution < -0.4 is 30.2 Å². The Balaban J connectivity index is 1.49. The van der Waals surface area contributed by atoms with Crippen LogP contribution in [-0.4, -0.2) is 47.5 Å². The molecule has 8 bridgehead atoms. The topological polar surface area (TPSA) is 124 Å². The number of hydrogen-bond donors (Lipinski definition) is 3. The number of methoxy groups -OCH3 is 1. The van der Waals surface area contributed by atoms with Gasteiger partial charge in [-0.2, -0.15) is 4.98 Å². The molecule has 0 aliphatic carbocycles. The summed E-state index contributed by atoms with van der Waals surface area (Å²) in [7, 11) is 1.53.